The number of ether oxygens (including phenoxy) is 1. The lowest BCUT2D eigenvalue weighted by Crippen LogP contribution is -2.37. The van der Waals surface area contributed by atoms with Gasteiger partial charge in [-0.25, -0.2) is 0 Å². The van der Waals surface area contributed by atoms with Gasteiger partial charge in [0.15, 0.2) is 0 Å². The Morgan fingerprint density at radius 3 is 2.50 bits per heavy atom. The minimum atomic E-state index is -0.0951. The van der Waals surface area contributed by atoms with E-state index in [4.69, 9.17) is 16.3 Å². The predicted octanol–water partition coefficient (Wildman–Crippen LogP) is 3.13. The van der Waals surface area contributed by atoms with E-state index < -0.39 is 0 Å². The summed E-state index contributed by atoms with van der Waals surface area (Å²) < 4.78 is 5.39. The molecule has 132 valence electrons. The van der Waals surface area contributed by atoms with E-state index in [1.54, 1.807) is 24.1 Å². The summed E-state index contributed by atoms with van der Waals surface area (Å²) in [7, 11) is 1.56. The summed E-state index contributed by atoms with van der Waals surface area (Å²) in [6.07, 6.45) is 2.19. The molecule has 0 bridgehead atoms. The maximum atomic E-state index is 12.9. The third-order valence-electron chi connectivity index (χ3n) is 4.27. The fourth-order valence-electron chi connectivity index (χ4n) is 3.07. The molecule has 1 aliphatic heterocycles. The number of rotatable bonds is 4. The maximum absolute atomic E-state index is 12.9. The number of methoxy groups -OCH3 is 1. The van der Waals surface area contributed by atoms with Gasteiger partial charge in [-0.1, -0.05) is 18.5 Å². The Labute approximate surface area is 148 Å². The highest BCUT2D eigenvalue weighted by molar-refractivity contribution is 6.31. The molecule has 1 saturated heterocycles. The van der Waals surface area contributed by atoms with Crippen molar-refractivity contribution in [3.05, 3.63) is 28.3 Å². The zero-order chi connectivity index (χ0) is 17.7. The van der Waals surface area contributed by atoms with E-state index in [0.717, 1.165) is 18.4 Å². The van der Waals surface area contributed by atoms with Crippen LogP contribution in [0.3, 0.4) is 0 Å². The summed E-state index contributed by atoms with van der Waals surface area (Å²) in [6.45, 7) is 6.31. The zero-order valence-electron chi connectivity index (χ0n) is 14.6. The second-order valence-corrected chi connectivity index (χ2v) is 6.52. The average molecular weight is 353 g/mol. The molecule has 6 heteroatoms. The van der Waals surface area contributed by atoms with Crippen molar-refractivity contribution in [1.29, 1.82) is 0 Å². The number of hydrogen-bond acceptors (Lipinski definition) is 3. The van der Waals surface area contributed by atoms with Crippen molar-refractivity contribution < 1.29 is 14.3 Å². The van der Waals surface area contributed by atoms with Crippen LogP contribution in [0.1, 0.15) is 42.1 Å². The Kier molecular flexibility index (Phi) is 6.49. The van der Waals surface area contributed by atoms with Crippen molar-refractivity contribution in [2.24, 2.45) is 0 Å². The molecular formula is C18H25ClN2O3. The summed E-state index contributed by atoms with van der Waals surface area (Å²) >= 11 is 6.11. The summed E-state index contributed by atoms with van der Waals surface area (Å²) in [4.78, 5) is 28.6. The highest BCUT2D eigenvalue weighted by Gasteiger charge is 2.25. The summed E-state index contributed by atoms with van der Waals surface area (Å²) in [5, 5.41) is 0.520. The standard InChI is InChI=1S/C18H25ClN2O3/c1-4-6-16(22)20-7-5-8-21(10-9-20)18(23)15-12-14(19)11-13(2)17(15)24-3/h11-12H,4-10H2,1-3H3. The fraction of sp³-hybridized carbons (Fsp3) is 0.556. The molecule has 0 spiro atoms. The average Bonchev–Trinajstić information content (AvgIpc) is 2.80. The minimum absolute atomic E-state index is 0.0951. The van der Waals surface area contributed by atoms with Gasteiger partial charge in [-0.3, -0.25) is 9.59 Å². The Hall–Kier alpha value is -1.75. The number of carbonyl (C=O) groups excluding carboxylic acids is 2. The van der Waals surface area contributed by atoms with E-state index in [0.29, 0.717) is 48.9 Å². The van der Waals surface area contributed by atoms with Gasteiger partial charge in [-0.05, 0) is 37.5 Å². The number of nitrogens with zero attached hydrogens (tertiary/aromatic N) is 2. The lowest BCUT2D eigenvalue weighted by Gasteiger charge is -2.23. The lowest BCUT2D eigenvalue weighted by atomic mass is 10.1. The van der Waals surface area contributed by atoms with E-state index in [1.807, 2.05) is 18.7 Å². The molecule has 0 aliphatic carbocycles. The molecule has 1 heterocycles. The van der Waals surface area contributed by atoms with Gasteiger partial charge in [0.25, 0.3) is 5.91 Å². The molecule has 0 aromatic heterocycles. The first-order valence-electron chi connectivity index (χ1n) is 8.39. The number of benzene rings is 1. The van der Waals surface area contributed by atoms with Gasteiger partial charge in [0, 0.05) is 37.6 Å². The van der Waals surface area contributed by atoms with Crippen LogP contribution in [0.2, 0.25) is 5.02 Å². The van der Waals surface area contributed by atoms with Crippen LogP contribution in [0.4, 0.5) is 0 Å². The van der Waals surface area contributed by atoms with Crippen LogP contribution < -0.4 is 4.74 Å². The fourth-order valence-corrected chi connectivity index (χ4v) is 3.34. The van der Waals surface area contributed by atoms with Crippen LogP contribution in [-0.4, -0.2) is 54.9 Å². The van der Waals surface area contributed by atoms with Gasteiger partial charge in [0.05, 0.1) is 12.7 Å². The molecule has 0 unspecified atom stereocenters. The number of halogens is 1. The van der Waals surface area contributed by atoms with Crippen molar-refractivity contribution in [3.8, 4) is 5.75 Å². The Balaban J connectivity index is 2.15. The molecular weight excluding hydrogens is 328 g/mol. The third-order valence-corrected chi connectivity index (χ3v) is 4.49. The largest absolute Gasteiger partial charge is 0.496 e. The smallest absolute Gasteiger partial charge is 0.257 e. The minimum Gasteiger partial charge on any atom is -0.496 e. The van der Waals surface area contributed by atoms with Crippen molar-refractivity contribution in [2.75, 3.05) is 33.3 Å². The first kappa shape index (κ1) is 18.6. The van der Waals surface area contributed by atoms with Crippen LogP contribution in [0.5, 0.6) is 5.75 Å². The molecule has 0 N–H and O–H groups in total. The van der Waals surface area contributed by atoms with Gasteiger partial charge in [-0.15, -0.1) is 0 Å². The van der Waals surface area contributed by atoms with Crippen LogP contribution >= 0.6 is 11.6 Å². The van der Waals surface area contributed by atoms with Crippen LogP contribution in [0.25, 0.3) is 0 Å². The summed E-state index contributed by atoms with van der Waals surface area (Å²) in [6, 6.07) is 3.44. The second kappa shape index (κ2) is 8.38. The van der Waals surface area contributed by atoms with E-state index >= 15 is 0 Å². The highest BCUT2D eigenvalue weighted by Crippen LogP contribution is 2.29. The Morgan fingerprint density at radius 2 is 1.83 bits per heavy atom. The number of aryl methyl sites for hydroxylation is 1. The molecule has 0 atom stereocenters. The topological polar surface area (TPSA) is 49.9 Å². The Bertz CT molecular complexity index is 619. The highest BCUT2D eigenvalue weighted by atomic mass is 35.5. The molecule has 2 rings (SSSR count). The number of amides is 2. The van der Waals surface area contributed by atoms with Crippen LogP contribution in [0.15, 0.2) is 12.1 Å². The number of hydrogen-bond donors (Lipinski definition) is 0. The van der Waals surface area contributed by atoms with Crippen molar-refractivity contribution in [1.82, 2.24) is 9.80 Å². The summed E-state index contributed by atoms with van der Waals surface area (Å²) in [5.74, 6) is 0.637. The van der Waals surface area contributed by atoms with Crippen molar-refractivity contribution in [2.45, 2.75) is 33.1 Å². The van der Waals surface area contributed by atoms with Crippen LogP contribution in [0, 0.1) is 6.92 Å². The maximum Gasteiger partial charge on any atom is 0.257 e. The molecule has 1 fully saturated rings. The van der Waals surface area contributed by atoms with Gasteiger partial charge in [0.2, 0.25) is 5.91 Å². The van der Waals surface area contributed by atoms with Crippen LogP contribution in [-0.2, 0) is 4.79 Å². The predicted molar refractivity (Wildman–Crippen MR) is 94.7 cm³/mol. The first-order valence-corrected chi connectivity index (χ1v) is 8.77. The summed E-state index contributed by atoms with van der Waals surface area (Å²) in [5.41, 5.74) is 1.32. The monoisotopic (exact) mass is 352 g/mol. The molecule has 1 aromatic rings. The molecule has 2 amide bonds. The zero-order valence-corrected chi connectivity index (χ0v) is 15.4. The quantitative estimate of drug-likeness (QED) is 0.836. The second-order valence-electron chi connectivity index (χ2n) is 6.08. The van der Waals surface area contributed by atoms with E-state index in [2.05, 4.69) is 0 Å². The normalized spacial score (nSPS) is 15.2. The molecule has 1 aromatic carbocycles. The lowest BCUT2D eigenvalue weighted by molar-refractivity contribution is -0.131. The van der Waals surface area contributed by atoms with Crippen molar-refractivity contribution >= 4 is 23.4 Å². The van der Waals surface area contributed by atoms with E-state index in [-0.39, 0.29) is 11.8 Å². The molecule has 1 aliphatic rings. The Morgan fingerprint density at radius 1 is 1.17 bits per heavy atom. The molecule has 0 radical (unpaired) electrons. The van der Waals surface area contributed by atoms with E-state index in [1.165, 1.54) is 0 Å². The van der Waals surface area contributed by atoms with Gasteiger partial charge in [0.1, 0.15) is 5.75 Å². The van der Waals surface area contributed by atoms with Gasteiger partial charge < -0.3 is 14.5 Å². The number of carbonyl (C=O) groups is 2. The van der Waals surface area contributed by atoms with E-state index in [9.17, 15) is 9.59 Å². The van der Waals surface area contributed by atoms with Gasteiger partial charge >= 0.3 is 0 Å². The first-order chi connectivity index (χ1) is 11.5. The third kappa shape index (κ3) is 4.20. The molecule has 5 nitrogen and oxygen atoms in total. The van der Waals surface area contributed by atoms with Gasteiger partial charge in [-0.2, -0.15) is 0 Å². The molecule has 0 saturated carbocycles. The molecule has 24 heavy (non-hydrogen) atoms. The van der Waals surface area contributed by atoms with Crippen molar-refractivity contribution in [3.63, 3.8) is 0 Å². The SMILES string of the molecule is CCCC(=O)N1CCCN(C(=O)c2cc(Cl)cc(C)c2OC)CC1.